The predicted octanol–water partition coefficient (Wildman–Crippen LogP) is 3.00. The number of para-hydroxylation sites is 1. The summed E-state index contributed by atoms with van der Waals surface area (Å²) in [6.45, 7) is 2.95. The van der Waals surface area contributed by atoms with Gasteiger partial charge in [-0.2, -0.15) is 0 Å². The van der Waals surface area contributed by atoms with E-state index in [1.54, 1.807) is 6.20 Å². The number of benzene rings is 1. The lowest BCUT2D eigenvalue weighted by Gasteiger charge is -2.22. The smallest absolute Gasteiger partial charge is 0.222 e. The molecule has 1 fully saturated rings. The summed E-state index contributed by atoms with van der Waals surface area (Å²) < 4.78 is 0. The van der Waals surface area contributed by atoms with E-state index in [2.05, 4.69) is 34.1 Å². The van der Waals surface area contributed by atoms with E-state index in [0.717, 1.165) is 38.0 Å². The summed E-state index contributed by atoms with van der Waals surface area (Å²) in [6.07, 6.45) is 6.06. The molecule has 3 rings (SSSR count). The van der Waals surface area contributed by atoms with Gasteiger partial charge in [-0.05, 0) is 42.5 Å². The fourth-order valence-corrected chi connectivity index (χ4v) is 3.33. The minimum atomic E-state index is 0.219. The number of anilines is 1. The molecule has 0 saturated carbocycles. The van der Waals surface area contributed by atoms with Gasteiger partial charge in [0.1, 0.15) is 0 Å². The zero-order valence-electron chi connectivity index (χ0n) is 14.3. The number of aromatic nitrogens is 1. The molecule has 1 amide bonds. The van der Waals surface area contributed by atoms with Crippen LogP contribution in [0.5, 0.6) is 0 Å². The fourth-order valence-electron chi connectivity index (χ4n) is 3.33. The largest absolute Gasteiger partial charge is 0.371 e. The molecular weight excluding hydrogens is 298 g/mol. The van der Waals surface area contributed by atoms with Crippen molar-refractivity contribution in [2.45, 2.75) is 19.3 Å². The molecule has 0 N–H and O–H groups in total. The first-order chi connectivity index (χ1) is 11.7. The minimum Gasteiger partial charge on any atom is -0.371 e. The Labute approximate surface area is 144 Å². The van der Waals surface area contributed by atoms with Crippen LogP contribution < -0.4 is 4.90 Å². The Kier molecular flexibility index (Phi) is 5.47. The molecule has 1 aromatic carbocycles. The first-order valence-corrected chi connectivity index (χ1v) is 8.65. The molecule has 0 unspecified atom stereocenters. The van der Waals surface area contributed by atoms with Crippen molar-refractivity contribution >= 4 is 11.6 Å². The highest BCUT2D eigenvalue weighted by atomic mass is 16.2. The van der Waals surface area contributed by atoms with Crippen molar-refractivity contribution < 1.29 is 4.79 Å². The third kappa shape index (κ3) is 4.34. The summed E-state index contributed by atoms with van der Waals surface area (Å²) in [4.78, 5) is 20.8. The Hall–Kier alpha value is -2.36. The number of rotatable bonds is 6. The maximum atomic E-state index is 12.3. The Morgan fingerprint density at radius 3 is 2.83 bits per heavy atom. The molecule has 0 spiro atoms. The summed E-state index contributed by atoms with van der Waals surface area (Å²) in [5, 5.41) is 0. The number of carbonyl (C=O) groups excluding carboxylic acids is 1. The number of carbonyl (C=O) groups is 1. The lowest BCUT2D eigenvalue weighted by atomic mass is 10.1. The maximum Gasteiger partial charge on any atom is 0.222 e. The van der Waals surface area contributed by atoms with Gasteiger partial charge in [-0.25, -0.2) is 0 Å². The standard InChI is InChI=1S/C20H25N3O/c1-22(20(24)10-9-17-6-5-12-21-14-17)15-18-11-13-23(16-18)19-7-3-2-4-8-19/h2-8,12,14,18H,9-11,13,15-16H2,1H3/t18-/m0/s1. The lowest BCUT2D eigenvalue weighted by Crippen LogP contribution is -2.33. The van der Waals surface area contributed by atoms with Crippen LogP contribution in [-0.4, -0.2) is 42.5 Å². The Bertz CT molecular complexity index is 644. The van der Waals surface area contributed by atoms with Crippen LogP contribution in [0.4, 0.5) is 5.69 Å². The van der Waals surface area contributed by atoms with Crippen LogP contribution in [0.1, 0.15) is 18.4 Å². The number of hydrogen-bond acceptors (Lipinski definition) is 3. The number of hydrogen-bond donors (Lipinski definition) is 0. The van der Waals surface area contributed by atoms with Crippen molar-refractivity contribution in [3.63, 3.8) is 0 Å². The van der Waals surface area contributed by atoms with Crippen molar-refractivity contribution in [2.75, 3.05) is 31.6 Å². The molecule has 1 aromatic heterocycles. The molecule has 24 heavy (non-hydrogen) atoms. The zero-order chi connectivity index (χ0) is 16.8. The average Bonchev–Trinajstić information content (AvgIpc) is 3.10. The van der Waals surface area contributed by atoms with Crippen molar-refractivity contribution in [1.82, 2.24) is 9.88 Å². The molecule has 2 aromatic rings. The van der Waals surface area contributed by atoms with Gasteiger partial charge in [0, 0.05) is 51.2 Å². The molecule has 4 nitrogen and oxygen atoms in total. The molecule has 126 valence electrons. The van der Waals surface area contributed by atoms with E-state index < -0.39 is 0 Å². The van der Waals surface area contributed by atoms with Gasteiger partial charge in [0.25, 0.3) is 0 Å². The van der Waals surface area contributed by atoms with E-state index in [4.69, 9.17) is 0 Å². The van der Waals surface area contributed by atoms with Gasteiger partial charge >= 0.3 is 0 Å². The molecule has 1 saturated heterocycles. The van der Waals surface area contributed by atoms with Gasteiger partial charge in [-0.3, -0.25) is 9.78 Å². The highest BCUT2D eigenvalue weighted by Crippen LogP contribution is 2.24. The summed E-state index contributed by atoms with van der Waals surface area (Å²) in [5.41, 5.74) is 2.40. The van der Waals surface area contributed by atoms with Crippen LogP contribution in [0.3, 0.4) is 0 Å². The number of amides is 1. The maximum absolute atomic E-state index is 12.3. The van der Waals surface area contributed by atoms with Crippen LogP contribution in [0.15, 0.2) is 54.9 Å². The van der Waals surface area contributed by atoms with E-state index in [-0.39, 0.29) is 5.91 Å². The normalized spacial score (nSPS) is 17.0. The van der Waals surface area contributed by atoms with Gasteiger partial charge in [0.05, 0.1) is 0 Å². The average molecular weight is 323 g/mol. The molecule has 1 aliphatic rings. The Balaban J connectivity index is 1.45. The lowest BCUT2D eigenvalue weighted by molar-refractivity contribution is -0.130. The highest BCUT2D eigenvalue weighted by Gasteiger charge is 2.24. The van der Waals surface area contributed by atoms with Gasteiger partial charge < -0.3 is 9.80 Å². The van der Waals surface area contributed by atoms with E-state index in [1.807, 2.05) is 36.3 Å². The fraction of sp³-hybridized carbons (Fsp3) is 0.400. The van der Waals surface area contributed by atoms with Crippen molar-refractivity contribution in [2.24, 2.45) is 5.92 Å². The molecule has 1 aliphatic heterocycles. The van der Waals surface area contributed by atoms with Crippen molar-refractivity contribution in [1.29, 1.82) is 0 Å². The third-order valence-corrected chi connectivity index (χ3v) is 4.72. The Morgan fingerprint density at radius 1 is 1.25 bits per heavy atom. The van der Waals surface area contributed by atoms with Crippen LogP contribution in [-0.2, 0) is 11.2 Å². The monoisotopic (exact) mass is 323 g/mol. The molecule has 0 bridgehead atoms. The van der Waals surface area contributed by atoms with Crippen molar-refractivity contribution in [3.05, 3.63) is 60.4 Å². The molecular formula is C20H25N3O. The van der Waals surface area contributed by atoms with E-state index in [9.17, 15) is 4.79 Å². The summed E-state index contributed by atoms with van der Waals surface area (Å²) in [6, 6.07) is 14.5. The second-order valence-corrected chi connectivity index (χ2v) is 6.57. The first kappa shape index (κ1) is 16.5. The molecule has 2 heterocycles. The van der Waals surface area contributed by atoms with Gasteiger partial charge in [-0.1, -0.05) is 24.3 Å². The molecule has 4 heteroatoms. The van der Waals surface area contributed by atoms with E-state index >= 15 is 0 Å². The van der Waals surface area contributed by atoms with Gasteiger partial charge in [-0.15, -0.1) is 0 Å². The van der Waals surface area contributed by atoms with Gasteiger partial charge in [0.2, 0.25) is 5.91 Å². The van der Waals surface area contributed by atoms with E-state index in [0.29, 0.717) is 12.3 Å². The number of nitrogens with zero attached hydrogens (tertiary/aromatic N) is 3. The third-order valence-electron chi connectivity index (χ3n) is 4.72. The highest BCUT2D eigenvalue weighted by molar-refractivity contribution is 5.76. The summed E-state index contributed by atoms with van der Waals surface area (Å²) >= 11 is 0. The SMILES string of the molecule is CN(C[C@@H]1CCN(c2ccccc2)C1)C(=O)CCc1cccnc1. The number of pyridine rings is 1. The van der Waals surface area contributed by atoms with Gasteiger partial charge in [0.15, 0.2) is 0 Å². The van der Waals surface area contributed by atoms with Crippen LogP contribution in [0.25, 0.3) is 0 Å². The van der Waals surface area contributed by atoms with Crippen molar-refractivity contribution in [3.8, 4) is 0 Å². The second-order valence-electron chi connectivity index (χ2n) is 6.57. The topological polar surface area (TPSA) is 36.4 Å². The number of aryl methyl sites for hydroxylation is 1. The van der Waals surface area contributed by atoms with Crippen LogP contribution >= 0.6 is 0 Å². The minimum absolute atomic E-state index is 0.219. The zero-order valence-corrected chi connectivity index (χ0v) is 14.3. The Morgan fingerprint density at radius 2 is 2.08 bits per heavy atom. The van der Waals surface area contributed by atoms with Crippen LogP contribution in [0.2, 0.25) is 0 Å². The second kappa shape index (κ2) is 7.95. The quantitative estimate of drug-likeness (QED) is 0.820. The summed E-state index contributed by atoms with van der Waals surface area (Å²) in [5.74, 6) is 0.773. The molecule has 1 atom stereocenters. The van der Waals surface area contributed by atoms with Crippen LogP contribution in [0, 0.1) is 5.92 Å². The molecule has 0 radical (unpaired) electrons. The first-order valence-electron chi connectivity index (χ1n) is 8.65. The van der Waals surface area contributed by atoms with E-state index in [1.165, 1.54) is 5.69 Å². The molecule has 0 aliphatic carbocycles. The summed E-state index contributed by atoms with van der Waals surface area (Å²) in [7, 11) is 1.93. The predicted molar refractivity (Wildman–Crippen MR) is 97.0 cm³/mol.